The molecule has 0 bridgehead atoms. The van der Waals surface area contributed by atoms with Crippen molar-refractivity contribution < 1.29 is 418 Å². The molecule has 138 heavy (non-hydrogen) atoms. The van der Waals surface area contributed by atoms with Gasteiger partial charge in [-0.1, -0.05) is 303 Å². The normalized spacial score (nSPS) is 10.7. The predicted octanol–water partition coefficient (Wildman–Crippen LogP) is 26.7. The van der Waals surface area contributed by atoms with Crippen LogP contribution in [-0.4, -0.2) is 51.3 Å². The van der Waals surface area contributed by atoms with Gasteiger partial charge in [0, 0.05) is 491 Å². The Labute approximate surface area is 1110 Å². The molecule has 0 spiro atoms. The number of fused-ring (bicyclic) bond motifs is 10. The van der Waals surface area contributed by atoms with Crippen molar-refractivity contribution in [3.63, 3.8) is 0 Å². The molecule has 0 aliphatic carbocycles. The molecule has 30 heteroatoms. The average Bonchev–Trinajstić information content (AvgIpc) is 0.760. The summed E-state index contributed by atoms with van der Waals surface area (Å²) >= 11 is -1.68. The van der Waals surface area contributed by atoms with Crippen LogP contribution in [0.3, 0.4) is 0 Å². The monoisotopic (exact) mass is 2180 g/mol. The Balaban J connectivity index is 0.000000260. The summed E-state index contributed by atoms with van der Waals surface area (Å²) in [5, 5.41) is 28.0. The van der Waals surface area contributed by atoms with E-state index in [9.17, 15) is 36.6 Å². The topological polar surface area (TPSA) is 202 Å². The molecule has 1 atom stereocenters. The van der Waals surface area contributed by atoms with E-state index in [-0.39, 0.29) is 426 Å². The van der Waals surface area contributed by atoms with E-state index in [0.717, 1.165) is 169 Å². The molecule has 0 fully saturated rings. The maximum absolute atomic E-state index is 12.1. The fraction of sp³-hybridized carbons (Fsp3) is 0.0556. The Morgan fingerprint density at radius 1 is 0.261 bits per heavy atom. The van der Waals surface area contributed by atoms with Crippen LogP contribution in [0.5, 0.6) is 0 Å². The number of carbonyl (C=O) groups is 2. The Hall–Kier alpha value is -1.45. The van der Waals surface area contributed by atoms with E-state index in [1.165, 1.54) is 35.6 Å². The number of nitrogens with zero attached hydrogens (tertiary/aromatic N) is 2. The molecule has 20 rings (SSSR count). The van der Waals surface area contributed by atoms with Crippen molar-refractivity contribution in [1.82, 2.24) is 0 Å². The second-order valence-corrected chi connectivity index (χ2v) is 35.0. The molecule has 0 aliphatic rings. The first-order chi connectivity index (χ1) is 62.5. The summed E-state index contributed by atoms with van der Waals surface area (Å²) in [5.74, 6) is -0.634. The van der Waals surface area contributed by atoms with Gasteiger partial charge in [0.15, 0.2) is 42.3 Å². The van der Waals surface area contributed by atoms with Gasteiger partial charge in [-0.3, -0.25) is 41.3 Å². The molecule has 0 saturated heterocycles. The van der Waals surface area contributed by atoms with E-state index in [0.29, 0.717) is 27.2 Å². The van der Waals surface area contributed by atoms with Crippen LogP contribution in [0.25, 0.3) is 163 Å². The van der Waals surface area contributed by atoms with Crippen LogP contribution >= 0.6 is 42.3 Å². The average molecular weight is 2180 g/mol. The summed E-state index contributed by atoms with van der Waals surface area (Å²) in [5.41, 5.74) is 19.1. The summed E-state index contributed by atoms with van der Waals surface area (Å²) in [6, 6.07) is 120. The maximum Gasteiger partial charge on any atom is 0.261 e. The number of anilines is 4. The van der Waals surface area contributed by atoms with E-state index >= 15 is 0 Å². The summed E-state index contributed by atoms with van der Waals surface area (Å²) < 4.78 is 79.5. The minimum absolute atomic E-state index is 0. The number of amides is 2. The van der Waals surface area contributed by atoms with E-state index < -0.39 is 17.2 Å². The third kappa shape index (κ3) is 28.4. The van der Waals surface area contributed by atoms with Crippen molar-refractivity contribution in [3.05, 3.63) is 370 Å². The maximum atomic E-state index is 12.1. The Bertz CT molecular complexity index is 7720. The van der Waals surface area contributed by atoms with Gasteiger partial charge in [-0.15, -0.1) is 0 Å². The Morgan fingerprint density at radius 2 is 0.457 bits per heavy atom. The van der Waals surface area contributed by atoms with Gasteiger partial charge in [0.2, 0.25) is 11.8 Å². The van der Waals surface area contributed by atoms with Crippen molar-refractivity contribution in [2.75, 3.05) is 55.1 Å². The quantitative estimate of drug-likeness (QED) is 0.0732. The summed E-state index contributed by atoms with van der Waals surface area (Å²) in [7, 11) is 9.43. The largest absolute Gasteiger partial charge is 0.377 e. The molecule has 0 radical (unpaired) electrons. The van der Waals surface area contributed by atoms with Gasteiger partial charge in [0.1, 0.15) is 0 Å². The van der Waals surface area contributed by atoms with Gasteiger partial charge < -0.3 is 20.9 Å². The summed E-state index contributed by atoms with van der Waals surface area (Å²) in [6.45, 7) is 1.49. The van der Waals surface area contributed by atoms with Crippen LogP contribution in [0.1, 0.15) is 17.3 Å². The van der Waals surface area contributed by atoms with E-state index in [4.69, 9.17) is 9.92 Å². The number of hydrogen-bond acceptors (Lipinski definition) is 11. The van der Waals surface area contributed by atoms with Crippen molar-refractivity contribution in [2.24, 2.45) is 5.73 Å². The van der Waals surface area contributed by atoms with Crippen LogP contribution in [0.2, 0.25) is 0 Å². The first-order valence-electron chi connectivity index (χ1n) is 41.0. The van der Waals surface area contributed by atoms with E-state index in [1.54, 1.807) is 6.07 Å². The van der Waals surface area contributed by atoms with Gasteiger partial charge in [-0.2, -0.15) is 0 Å². The molecule has 4 N–H and O–H groups in total. The molecular weight excluding hydrogens is 2100 g/mol. The van der Waals surface area contributed by atoms with Crippen LogP contribution in [0, 0.1) is 377 Å². The summed E-state index contributed by atoms with van der Waals surface area (Å²) in [6.07, 6.45) is 0. The molecule has 704 valence electrons. The number of nitrogens with two attached hydrogens (primary N) is 1. The zero-order valence-corrected chi connectivity index (χ0v) is 86.3. The third-order valence-electron chi connectivity index (χ3n) is 22.8. The zero-order chi connectivity index (χ0) is 89.1. The van der Waals surface area contributed by atoms with E-state index in [2.05, 4.69) is 117 Å². The van der Waals surface area contributed by atoms with Gasteiger partial charge >= 0.3 is 0 Å². The molecule has 14 nitrogen and oxygen atoms in total. The molecule has 0 aliphatic heterocycles. The molecule has 1 unspecified atom stereocenters. The SMILES string of the molecule is CC(=O)Nc1ccc2ccccc2c1-c1c(P=O)ccc2ccccc12.CN(C)c1ccc2ccccc2c1-c1c(P=O)ccc2ccccc12.CN(C)c1ccc2ccccc2c1-c1c(P=O)ccc2ccccc12.COS(=O)Nc1ccc2ccccc2c1-c1c(P=O)ccc2ccccc12.NC(=O)c1ccc2ccccc2c1-c1c(P=O)ccc2ccccc12.[Ar].[Ar].[Ar].[Ar].[Ar].[Ar].[Ar].[Ar].[Ar].[Ar]. The fourth-order valence-corrected chi connectivity index (χ4v) is 19.9. The van der Waals surface area contributed by atoms with Gasteiger partial charge in [-0.05, 0) is 168 Å². The van der Waals surface area contributed by atoms with Gasteiger partial charge in [0.25, 0.3) is 11.3 Å². The number of primary amides is 1. The number of benzene rings is 20. The first kappa shape index (κ1) is 125. The smallest absolute Gasteiger partial charge is 0.261 e. The zero-order valence-electron chi connectivity index (χ0n) is 74.0. The van der Waals surface area contributed by atoms with Crippen LogP contribution in [-0.2, 0) is 43.1 Å². The van der Waals surface area contributed by atoms with Crippen molar-refractivity contribution in [1.29, 1.82) is 0 Å². The minimum Gasteiger partial charge on any atom is -0.377 e. The third-order valence-corrected chi connectivity index (χ3v) is 26.3. The standard InChI is InChI=1S/C22H16NO2P.2C22H18NOP.C21H16NO3PS.C21H14NO2P.10Ar/c1-14(24)23-19-12-10-15-6-2-4-8-17(15)21(19)22-18-9-5-3-7-16(18)11-13-20(22)26-25;2*1-23(2)19-13-11-15-7-3-5-9-17(15)21(19)22-18-10-6-4-8-16(18)12-14-20(22)25-24;1-25-27(24)22-18-12-10-14-6-2-4-8-16(14)20(18)21-17-9-5-3-7-15(17)11-13-19(21)26-23;22-21(23)17-11-9-13-5-1-3-7-15(13)19(17)20-16-8-4-2-6-14(16)10-12-18(20)25-24;;;;;;;;;;/h2-13H,1H3,(H,23,24);2*3-14H,1-2H3;2-13,22H,1H3;1-12H,(H2,22,23);;;;;;;;;;. The number of nitrogens with one attached hydrogen (secondary N) is 2. The van der Waals surface area contributed by atoms with Crippen molar-refractivity contribution in [3.8, 4) is 55.6 Å². The summed E-state index contributed by atoms with van der Waals surface area (Å²) in [4.78, 5) is 28.1. The van der Waals surface area contributed by atoms with Crippen LogP contribution in [0.15, 0.2) is 364 Å². The molecule has 20 aromatic carbocycles. The molecule has 0 heterocycles. The number of carbonyl (C=O) groups excluding carboxylic acids is 2. The Morgan fingerprint density at radius 3 is 0.696 bits per heavy atom. The second-order valence-electron chi connectivity index (χ2n) is 30.7. The predicted molar refractivity (Wildman–Crippen MR) is 541 cm³/mol. The molecule has 0 saturated carbocycles. The van der Waals surface area contributed by atoms with Gasteiger partial charge in [-0.25, -0.2) is 4.21 Å². The minimum atomic E-state index is -1.68. The van der Waals surface area contributed by atoms with Crippen LogP contribution in [0.4, 0.5) is 22.7 Å². The number of hydrogen-bond donors (Lipinski definition) is 3. The van der Waals surface area contributed by atoms with Gasteiger partial charge in [0.05, 0.1) is 39.3 Å². The first-order valence-corrected chi connectivity index (χ1v) is 46.2. The van der Waals surface area contributed by atoms with Crippen molar-refractivity contribution >= 4 is 222 Å². The second kappa shape index (κ2) is 60.4. The number of rotatable bonds is 17. The van der Waals surface area contributed by atoms with E-state index in [1.807, 2.05) is 289 Å². The molecule has 2 amide bonds. The van der Waals surface area contributed by atoms with Crippen molar-refractivity contribution in [2.45, 2.75) is 6.92 Å². The Kier molecular flexibility index (Phi) is 54.8. The molecule has 0 aromatic heterocycles. The van der Waals surface area contributed by atoms with Crippen LogP contribution < -0.4 is 52.1 Å². The molecular formula is C108H82Ar10N5O9P5S. The fourth-order valence-electron chi connectivity index (χ4n) is 17.1. The molecule has 20 aromatic rings.